The third-order valence-electron chi connectivity index (χ3n) is 3.47. The molecular weight excluding hydrogens is 250 g/mol. The summed E-state index contributed by atoms with van der Waals surface area (Å²) in [6, 6.07) is 0. The first kappa shape index (κ1) is 13.4. The topological polar surface area (TPSA) is 58.3 Å². The van der Waals surface area contributed by atoms with Crippen LogP contribution in [0, 0.1) is 12.8 Å². The molecule has 1 unspecified atom stereocenters. The molecule has 2 N–H and O–H groups in total. The molecule has 2 heterocycles. The van der Waals surface area contributed by atoms with Crippen molar-refractivity contribution in [2.45, 2.75) is 13.3 Å². The fourth-order valence-electron chi connectivity index (χ4n) is 2.47. The second kappa shape index (κ2) is 5.28. The lowest BCUT2D eigenvalue weighted by atomic mass is 10.1. The van der Waals surface area contributed by atoms with E-state index in [1.807, 2.05) is 14.0 Å². The molecule has 5 nitrogen and oxygen atoms in total. The van der Waals surface area contributed by atoms with E-state index in [1.54, 1.807) is 0 Å². The molecule has 0 amide bonds. The van der Waals surface area contributed by atoms with Crippen molar-refractivity contribution in [3.8, 4) is 0 Å². The summed E-state index contributed by atoms with van der Waals surface area (Å²) in [5, 5.41) is 0.257. The Hall–Kier alpha value is -1.07. The maximum atomic E-state index is 6.02. The van der Waals surface area contributed by atoms with Gasteiger partial charge in [-0.3, -0.25) is 0 Å². The van der Waals surface area contributed by atoms with E-state index in [-0.39, 0.29) is 5.28 Å². The number of hydrogen-bond acceptors (Lipinski definition) is 5. The summed E-state index contributed by atoms with van der Waals surface area (Å²) in [6.45, 7) is 5.09. The fraction of sp³-hybridized carbons (Fsp3) is 0.667. The Bertz CT molecular complexity index is 437. The van der Waals surface area contributed by atoms with Gasteiger partial charge in [0.25, 0.3) is 0 Å². The lowest BCUT2D eigenvalue weighted by molar-refractivity contribution is 0.395. The van der Waals surface area contributed by atoms with Gasteiger partial charge in [0.2, 0.25) is 5.28 Å². The maximum Gasteiger partial charge on any atom is 0.224 e. The summed E-state index contributed by atoms with van der Waals surface area (Å²) >= 11 is 5.89. The smallest absolute Gasteiger partial charge is 0.224 e. The molecule has 1 atom stereocenters. The zero-order valence-electron chi connectivity index (χ0n) is 11.1. The zero-order chi connectivity index (χ0) is 13.3. The molecule has 1 aliphatic heterocycles. The normalized spacial score (nSPS) is 20.3. The number of aromatic nitrogens is 2. The molecule has 2 rings (SSSR count). The van der Waals surface area contributed by atoms with Crippen LogP contribution >= 0.6 is 11.6 Å². The predicted octanol–water partition coefficient (Wildman–Crippen LogP) is 1.41. The van der Waals surface area contributed by atoms with Gasteiger partial charge in [0, 0.05) is 20.1 Å². The van der Waals surface area contributed by atoms with Crippen LogP contribution in [0.2, 0.25) is 5.28 Å². The summed E-state index contributed by atoms with van der Waals surface area (Å²) in [5.41, 5.74) is 7.37. The van der Waals surface area contributed by atoms with Crippen molar-refractivity contribution in [2.75, 3.05) is 44.4 Å². The average Bonchev–Trinajstić information content (AvgIpc) is 2.69. The van der Waals surface area contributed by atoms with Crippen LogP contribution in [0.4, 0.5) is 11.5 Å². The predicted molar refractivity (Wildman–Crippen MR) is 75.1 cm³/mol. The molecule has 0 bridgehead atoms. The summed E-state index contributed by atoms with van der Waals surface area (Å²) in [7, 11) is 4.16. The molecule has 1 saturated heterocycles. The number of aryl methyl sites for hydroxylation is 1. The molecule has 1 aromatic rings. The average molecular weight is 270 g/mol. The Kier molecular flexibility index (Phi) is 3.92. The molecule has 1 fully saturated rings. The molecule has 0 spiro atoms. The van der Waals surface area contributed by atoms with Crippen molar-refractivity contribution in [1.82, 2.24) is 14.9 Å². The van der Waals surface area contributed by atoms with E-state index in [0.29, 0.717) is 11.6 Å². The van der Waals surface area contributed by atoms with Crippen molar-refractivity contribution in [3.05, 3.63) is 11.0 Å². The number of nitrogens with two attached hydrogens (primary N) is 1. The molecular formula is C12H20ClN5. The molecule has 0 aromatic carbocycles. The Balaban J connectivity index is 2.11. The van der Waals surface area contributed by atoms with Crippen LogP contribution in [0.25, 0.3) is 0 Å². The van der Waals surface area contributed by atoms with E-state index in [2.05, 4.69) is 26.8 Å². The van der Waals surface area contributed by atoms with Gasteiger partial charge in [0.1, 0.15) is 0 Å². The minimum atomic E-state index is 0.257. The highest BCUT2D eigenvalue weighted by Gasteiger charge is 2.22. The van der Waals surface area contributed by atoms with Gasteiger partial charge in [-0.2, -0.15) is 4.98 Å². The van der Waals surface area contributed by atoms with Crippen LogP contribution in [-0.4, -0.2) is 48.6 Å². The van der Waals surface area contributed by atoms with Crippen molar-refractivity contribution in [1.29, 1.82) is 0 Å². The van der Waals surface area contributed by atoms with Crippen molar-refractivity contribution >= 4 is 23.1 Å². The lowest BCUT2D eigenvalue weighted by Gasteiger charge is -2.23. The van der Waals surface area contributed by atoms with Gasteiger partial charge in [0.05, 0.1) is 11.4 Å². The highest BCUT2D eigenvalue weighted by molar-refractivity contribution is 6.28. The van der Waals surface area contributed by atoms with Crippen LogP contribution in [0.1, 0.15) is 12.1 Å². The third-order valence-corrected chi connectivity index (χ3v) is 3.64. The fourth-order valence-corrected chi connectivity index (χ4v) is 2.68. The molecule has 0 aliphatic carbocycles. The molecule has 1 aliphatic rings. The number of hydrogen-bond donors (Lipinski definition) is 1. The summed E-state index contributed by atoms with van der Waals surface area (Å²) < 4.78 is 0. The standard InChI is InChI=1S/C12H20ClN5/c1-8-10(14)11(16-12(13)15-8)18(3)7-9-4-5-17(2)6-9/h9H,4-7,14H2,1-3H3. The van der Waals surface area contributed by atoms with Crippen molar-refractivity contribution < 1.29 is 0 Å². The molecule has 1 aromatic heterocycles. The van der Waals surface area contributed by atoms with Gasteiger partial charge in [-0.15, -0.1) is 0 Å². The zero-order valence-corrected chi connectivity index (χ0v) is 11.9. The first-order chi connectivity index (χ1) is 8.47. The van der Waals surface area contributed by atoms with E-state index in [0.717, 1.165) is 31.1 Å². The van der Waals surface area contributed by atoms with E-state index in [4.69, 9.17) is 17.3 Å². The molecule has 6 heteroatoms. The first-order valence-corrected chi connectivity index (χ1v) is 6.54. The number of anilines is 2. The van der Waals surface area contributed by atoms with E-state index >= 15 is 0 Å². The van der Waals surface area contributed by atoms with Gasteiger partial charge >= 0.3 is 0 Å². The number of nitrogens with zero attached hydrogens (tertiary/aromatic N) is 4. The first-order valence-electron chi connectivity index (χ1n) is 6.16. The number of rotatable bonds is 3. The second-order valence-electron chi connectivity index (χ2n) is 5.11. The van der Waals surface area contributed by atoms with Gasteiger partial charge in [0.15, 0.2) is 5.82 Å². The number of halogens is 1. The maximum absolute atomic E-state index is 6.02. The third kappa shape index (κ3) is 2.84. The summed E-state index contributed by atoms with van der Waals surface area (Å²) in [5.74, 6) is 1.40. The van der Waals surface area contributed by atoms with E-state index in [9.17, 15) is 0 Å². The van der Waals surface area contributed by atoms with Crippen molar-refractivity contribution in [2.24, 2.45) is 5.92 Å². The van der Waals surface area contributed by atoms with Crippen LogP contribution in [0.15, 0.2) is 0 Å². The summed E-state index contributed by atoms with van der Waals surface area (Å²) in [6.07, 6.45) is 1.22. The largest absolute Gasteiger partial charge is 0.394 e. The highest BCUT2D eigenvalue weighted by atomic mass is 35.5. The quantitative estimate of drug-likeness (QED) is 0.841. The lowest BCUT2D eigenvalue weighted by Crippen LogP contribution is -2.28. The van der Waals surface area contributed by atoms with Gasteiger partial charge < -0.3 is 15.5 Å². The number of nitrogen functional groups attached to an aromatic ring is 1. The Morgan fingerprint density at radius 3 is 2.83 bits per heavy atom. The van der Waals surface area contributed by atoms with Crippen LogP contribution in [-0.2, 0) is 0 Å². The second-order valence-corrected chi connectivity index (χ2v) is 5.45. The minimum Gasteiger partial charge on any atom is -0.394 e. The van der Waals surface area contributed by atoms with Gasteiger partial charge in [-0.1, -0.05) is 0 Å². The molecule has 0 saturated carbocycles. The van der Waals surface area contributed by atoms with Gasteiger partial charge in [-0.05, 0) is 44.5 Å². The summed E-state index contributed by atoms with van der Waals surface area (Å²) in [4.78, 5) is 12.7. The SMILES string of the molecule is Cc1nc(Cl)nc(N(C)CC2CCN(C)C2)c1N. The van der Waals surface area contributed by atoms with Crippen LogP contribution in [0.5, 0.6) is 0 Å². The Labute approximate surface area is 113 Å². The number of likely N-dealkylation sites (tertiary alicyclic amines) is 1. The molecule has 0 radical (unpaired) electrons. The van der Waals surface area contributed by atoms with E-state index in [1.165, 1.54) is 6.42 Å². The van der Waals surface area contributed by atoms with Gasteiger partial charge in [-0.25, -0.2) is 4.98 Å². The van der Waals surface area contributed by atoms with E-state index < -0.39 is 0 Å². The Morgan fingerprint density at radius 2 is 2.22 bits per heavy atom. The molecule has 100 valence electrons. The van der Waals surface area contributed by atoms with Crippen LogP contribution in [0.3, 0.4) is 0 Å². The van der Waals surface area contributed by atoms with Crippen molar-refractivity contribution in [3.63, 3.8) is 0 Å². The minimum absolute atomic E-state index is 0.257. The monoisotopic (exact) mass is 269 g/mol. The highest BCUT2D eigenvalue weighted by Crippen LogP contribution is 2.25. The Morgan fingerprint density at radius 1 is 1.50 bits per heavy atom. The van der Waals surface area contributed by atoms with Crippen LogP contribution < -0.4 is 10.6 Å². The molecule has 18 heavy (non-hydrogen) atoms.